The Labute approximate surface area is 65.4 Å². The maximum Gasteiger partial charge on any atom is 0.232 e. The second-order valence-corrected chi connectivity index (χ2v) is 2.93. The van der Waals surface area contributed by atoms with Crippen LogP contribution in [0, 0.1) is 5.41 Å². The van der Waals surface area contributed by atoms with Crippen molar-refractivity contribution < 1.29 is 4.79 Å². The molecule has 0 N–H and O–H groups in total. The molecule has 0 radical (unpaired) electrons. The third-order valence-corrected chi connectivity index (χ3v) is 2.35. The maximum absolute atomic E-state index is 10.8. The Morgan fingerprint density at radius 1 is 1.60 bits per heavy atom. The van der Waals surface area contributed by atoms with E-state index in [1.807, 2.05) is 0 Å². The molecule has 0 aromatic heterocycles. The van der Waals surface area contributed by atoms with Gasteiger partial charge in [0.05, 0.1) is 5.41 Å². The van der Waals surface area contributed by atoms with Crippen LogP contribution in [0.3, 0.4) is 0 Å². The van der Waals surface area contributed by atoms with E-state index in [9.17, 15) is 4.79 Å². The molecular weight excluding hydrogens is 148 g/mol. The molecule has 1 nitrogen and oxygen atoms in total. The Bertz CT molecular complexity index is 201. The Hall–Kier alpha value is -0.560. The highest BCUT2D eigenvalue weighted by Gasteiger charge is 2.50. The average molecular weight is 157 g/mol. The molecule has 0 heterocycles. The first-order valence-corrected chi connectivity index (χ1v) is 3.53. The molecule has 0 spiro atoms. The zero-order chi connectivity index (χ0) is 7.78. The molecule has 10 heavy (non-hydrogen) atoms. The Balaban J connectivity index is 2.79. The van der Waals surface area contributed by atoms with Crippen molar-refractivity contribution in [2.75, 3.05) is 0 Å². The van der Waals surface area contributed by atoms with Crippen molar-refractivity contribution in [1.82, 2.24) is 0 Å². The summed E-state index contributed by atoms with van der Waals surface area (Å²) in [6.45, 7) is 7.24. The van der Waals surface area contributed by atoms with Crippen molar-refractivity contribution in [2.45, 2.75) is 12.8 Å². The monoisotopic (exact) mass is 156 g/mol. The van der Waals surface area contributed by atoms with Crippen molar-refractivity contribution in [3.8, 4) is 0 Å². The quantitative estimate of drug-likeness (QED) is 0.453. The van der Waals surface area contributed by atoms with Gasteiger partial charge in [-0.15, -0.1) is 0 Å². The lowest BCUT2D eigenvalue weighted by molar-refractivity contribution is -0.115. The zero-order valence-corrected chi connectivity index (χ0v) is 6.45. The lowest BCUT2D eigenvalue weighted by Gasteiger charge is -2.07. The molecule has 0 unspecified atom stereocenters. The van der Waals surface area contributed by atoms with Gasteiger partial charge in [0.1, 0.15) is 0 Å². The van der Waals surface area contributed by atoms with E-state index in [2.05, 4.69) is 13.2 Å². The van der Waals surface area contributed by atoms with Crippen LogP contribution in [-0.4, -0.2) is 5.24 Å². The van der Waals surface area contributed by atoms with E-state index in [1.54, 1.807) is 6.08 Å². The van der Waals surface area contributed by atoms with Gasteiger partial charge in [-0.3, -0.25) is 4.79 Å². The summed E-state index contributed by atoms with van der Waals surface area (Å²) in [5.41, 5.74) is 0.330. The molecule has 1 saturated carbocycles. The fourth-order valence-corrected chi connectivity index (χ4v) is 1.27. The van der Waals surface area contributed by atoms with E-state index in [0.717, 1.165) is 18.4 Å². The fourth-order valence-electron chi connectivity index (χ4n) is 0.964. The largest absolute Gasteiger partial charge is 0.280 e. The van der Waals surface area contributed by atoms with E-state index in [4.69, 9.17) is 11.6 Å². The van der Waals surface area contributed by atoms with Gasteiger partial charge in [0.25, 0.3) is 0 Å². The van der Waals surface area contributed by atoms with Gasteiger partial charge < -0.3 is 0 Å². The summed E-state index contributed by atoms with van der Waals surface area (Å²) in [7, 11) is 0. The van der Waals surface area contributed by atoms with Crippen LogP contribution in [0.4, 0.5) is 0 Å². The van der Waals surface area contributed by atoms with Gasteiger partial charge in [-0.25, -0.2) is 0 Å². The third-order valence-electron chi connectivity index (χ3n) is 1.99. The van der Waals surface area contributed by atoms with Crippen molar-refractivity contribution in [3.05, 3.63) is 24.8 Å². The van der Waals surface area contributed by atoms with Crippen molar-refractivity contribution in [3.63, 3.8) is 0 Å². The number of hydrogen-bond donors (Lipinski definition) is 0. The fraction of sp³-hybridized carbons (Fsp3) is 0.375. The van der Waals surface area contributed by atoms with Gasteiger partial charge in [0.15, 0.2) is 0 Å². The molecule has 2 heteroatoms. The number of carbonyl (C=O) groups excluding carboxylic acids is 1. The first-order valence-electron chi connectivity index (χ1n) is 3.15. The van der Waals surface area contributed by atoms with E-state index in [1.165, 1.54) is 0 Å². The molecule has 0 aromatic rings. The first kappa shape index (κ1) is 7.55. The summed E-state index contributed by atoms with van der Waals surface area (Å²) >= 11 is 5.36. The third kappa shape index (κ3) is 0.907. The van der Waals surface area contributed by atoms with E-state index in [-0.39, 0.29) is 5.24 Å². The molecule has 54 valence electrons. The van der Waals surface area contributed by atoms with Crippen LogP contribution in [-0.2, 0) is 4.79 Å². The first-order chi connectivity index (χ1) is 4.63. The predicted octanol–water partition coefficient (Wildman–Crippen LogP) is 2.27. The highest BCUT2D eigenvalue weighted by atomic mass is 35.5. The lowest BCUT2D eigenvalue weighted by Crippen LogP contribution is -2.10. The minimum Gasteiger partial charge on any atom is -0.280 e. The second kappa shape index (κ2) is 2.24. The summed E-state index contributed by atoms with van der Waals surface area (Å²) in [4.78, 5) is 10.8. The Morgan fingerprint density at radius 2 is 2.10 bits per heavy atom. The SMILES string of the molecule is C=CC(=C)C1(C(=O)Cl)CC1. The van der Waals surface area contributed by atoms with E-state index >= 15 is 0 Å². The zero-order valence-electron chi connectivity index (χ0n) is 5.69. The van der Waals surface area contributed by atoms with Crippen LogP contribution in [0.2, 0.25) is 0 Å². The van der Waals surface area contributed by atoms with Crippen LogP contribution in [0.15, 0.2) is 24.8 Å². The van der Waals surface area contributed by atoms with Gasteiger partial charge in [0.2, 0.25) is 5.24 Å². The minimum absolute atomic E-state index is 0.294. The number of allylic oxidation sites excluding steroid dienone is 2. The highest BCUT2D eigenvalue weighted by Crippen LogP contribution is 2.53. The smallest absolute Gasteiger partial charge is 0.232 e. The molecule has 0 atom stereocenters. The number of rotatable bonds is 3. The standard InChI is InChI=1S/C8H9ClO/c1-3-6(2)8(4-5-8)7(9)10/h3H,1-2,4-5H2. The van der Waals surface area contributed by atoms with Gasteiger partial charge >= 0.3 is 0 Å². The average Bonchev–Trinajstić information content (AvgIpc) is 2.65. The molecule has 0 aliphatic heterocycles. The second-order valence-electron chi connectivity index (χ2n) is 2.59. The van der Waals surface area contributed by atoms with Crippen LogP contribution >= 0.6 is 11.6 Å². The molecule has 1 rings (SSSR count). The summed E-state index contributed by atoms with van der Waals surface area (Å²) in [6.07, 6.45) is 3.27. The summed E-state index contributed by atoms with van der Waals surface area (Å²) in [5, 5.41) is -0.294. The van der Waals surface area contributed by atoms with Crippen LogP contribution in [0.1, 0.15) is 12.8 Å². The Kier molecular flexibility index (Phi) is 1.69. The summed E-state index contributed by atoms with van der Waals surface area (Å²) < 4.78 is 0. The van der Waals surface area contributed by atoms with Gasteiger partial charge in [0, 0.05) is 0 Å². The Morgan fingerprint density at radius 3 is 2.20 bits per heavy atom. The van der Waals surface area contributed by atoms with Crippen LogP contribution < -0.4 is 0 Å². The molecule has 0 amide bonds. The summed E-state index contributed by atoms with van der Waals surface area (Å²) in [6, 6.07) is 0. The lowest BCUT2D eigenvalue weighted by atomic mass is 9.99. The van der Waals surface area contributed by atoms with Crippen molar-refractivity contribution in [1.29, 1.82) is 0 Å². The van der Waals surface area contributed by atoms with E-state index in [0.29, 0.717) is 0 Å². The normalized spacial score (nSPS) is 19.7. The summed E-state index contributed by atoms with van der Waals surface area (Å²) in [5.74, 6) is 0. The van der Waals surface area contributed by atoms with Gasteiger partial charge in [-0.05, 0) is 30.0 Å². The minimum atomic E-state index is -0.427. The van der Waals surface area contributed by atoms with Crippen molar-refractivity contribution >= 4 is 16.8 Å². The van der Waals surface area contributed by atoms with E-state index < -0.39 is 5.41 Å². The topological polar surface area (TPSA) is 17.1 Å². The molecule has 0 aromatic carbocycles. The molecule has 1 aliphatic rings. The van der Waals surface area contributed by atoms with Crippen molar-refractivity contribution in [2.24, 2.45) is 5.41 Å². The molecular formula is C8H9ClO. The number of halogens is 1. The van der Waals surface area contributed by atoms with Gasteiger partial charge in [-0.2, -0.15) is 0 Å². The van der Waals surface area contributed by atoms with Crippen LogP contribution in [0.5, 0.6) is 0 Å². The molecule has 1 fully saturated rings. The molecule has 0 saturated heterocycles. The highest BCUT2D eigenvalue weighted by molar-refractivity contribution is 6.65. The predicted molar refractivity (Wildman–Crippen MR) is 41.9 cm³/mol. The number of carbonyl (C=O) groups is 1. The number of hydrogen-bond acceptors (Lipinski definition) is 1. The molecule has 0 bridgehead atoms. The maximum atomic E-state index is 10.8. The molecule has 1 aliphatic carbocycles. The van der Waals surface area contributed by atoms with Gasteiger partial charge in [-0.1, -0.05) is 19.2 Å². The van der Waals surface area contributed by atoms with Crippen LogP contribution in [0.25, 0.3) is 0 Å².